The van der Waals surface area contributed by atoms with Gasteiger partial charge in [0, 0.05) is 17.6 Å². The van der Waals surface area contributed by atoms with Gasteiger partial charge >= 0.3 is 5.97 Å². The zero-order valence-electron chi connectivity index (χ0n) is 9.17. The number of ether oxygens (including phenoxy) is 1. The number of aromatic nitrogens is 1. The molecule has 1 aromatic heterocycles. The third-order valence-corrected chi connectivity index (χ3v) is 2.31. The second kappa shape index (κ2) is 4.29. The summed E-state index contributed by atoms with van der Waals surface area (Å²) in [4.78, 5) is 14.8. The van der Waals surface area contributed by atoms with Crippen molar-refractivity contribution in [2.75, 3.05) is 6.61 Å². The Balaban J connectivity index is 2.59. The first-order valence-corrected chi connectivity index (χ1v) is 5.10. The Morgan fingerprint density at radius 1 is 1.41 bits per heavy atom. The molecule has 0 unspecified atom stereocenters. The molecule has 2 N–H and O–H groups in total. The molecule has 0 saturated heterocycles. The molecule has 0 radical (unpaired) electrons. The lowest BCUT2D eigenvalue weighted by molar-refractivity contribution is 0.0696. The minimum absolute atomic E-state index is 0.00470. The molecule has 88 valence electrons. The van der Waals surface area contributed by atoms with Gasteiger partial charge in [0.25, 0.3) is 0 Å². The summed E-state index contributed by atoms with van der Waals surface area (Å²) in [7, 11) is 0. The molecule has 17 heavy (non-hydrogen) atoms. The largest absolute Gasteiger partial charge is 0.504 e. The van der Waals surface area contributed by atoms with Gasteiger partial charge in [0.05, 0.1) is 17.7 Å². The third-order valence-electron chi connectivity index (χ3n) is 2.31. The van der Waals surface area contributed by atoms with E-state index in [-0.39, 0.29) is 11.3 Å². The fraction of sp³-hybridized carbons (Fsp3) is 0.167. The highest BCUT2D eigenvalue weighted by molar-refractivity contribution is 5.93. The first-order chi connectivity index (χ1) is 8.11. The van der Waals surface area contributed by atoms with Gasteiger partial charge in [0.1, 0.15) is 0 Å². The molecule has 0 atom stereocenters. The van der Waals surface area contributed by atoms with Crippen LogP contribution in [0.5, 0.6) is 11.5 Å². The van der Waals surface area contributed by atoms with Gasteiger partial charge in [0.2, 0.25) is 0 Å². The van der Waals surface area contributed by atoms with E-state index in [2.05, 4.69) is 4.98 Å². The molecule has 5 nitrogen and oxygen atoms in total. The lowest BCUT2D eigenvalue weighted by Gasteiger charge is -2.07. The Morgan fingerprint density at radius 2 is 2.18 bits per heavy atom. The van der Waals surface area contributed by atoms with Crippen molar-refractivity contribution >= 4 is 16.9 Å². The maximum atomic E-state index is 10.8. The predicted molar refractivity (Wildman–Crippen MR) is 61.5 cm³/mol. The minimum Gasteiger partial charge on any atom is -0.504 e. The number of phenolic OH excluding ortho intramolecular Hbond substituents is 1. The van der Waals surface area contributed by atoms with Crippen LogP contribution in [0.25, 0.3) is 10.9 Å². The van der Waals surface area contributed by atoms with Gasteiger partial charge in [0.15, 0.2) is 11.5 Å². The third kappa shape index (κ3) is 2.13. The van der Waals surface area contributed by atoms with Crippen LogP contribution in [0.1, 0.15) is 17.3 Å². The van der Waals surface area contributed by atoms with Crippen LogP contribution in [-0.2, 0) is 0 Å². The lowest BCUT2D eigenvalue weighted by atomic mass is 10.1. The number of aromatic carboxylic acids is 1. The van der Waals surface area contributed by atoms with Gasteiger partial charge in [-0.15, -0.1) is 0 Å². The topological polar surface area (TPSA) is 79.7 Å². The molecule has 0 bridgehead atoms. The summed E-state index contributed by atoms with van der Waals surface area (Å²) in [6, 6.07) is 4.52. The van der Waals surface area contributed by atoms with E-state index in [0.717, 1.165) is 0 Å². The fourth-order valence-electron chi connectivity index (χ4n) is 1.53. The van der Waals surface area contributed by atoms with Gasteiger partial charge in [-0.05, 0) is 19.1 Å². The van der Waals surface area contributed by atoms with Crippen LogP contribution in [0.2, 0.25) is 0 Å². The summed E-state index contributed by atoms with van der Waals surface area (Å²) in [6.45, 7) is 2.22. The van der Waals surface area contributed by atoms with Crippen molar-refractivity contribution in [2.24, 2.45) is 0 Å². The Hall–Kier alpha value is -2.30. The number of benzene rings is 1. The molecule has 1 aromatic carbocycles. The zero-order chi connectivity index (χ0) is 12.4. The van der Waals surface area contributed by atoms with Gasteiger partial charge in [-0.3, -0.25) is 4.98 Å². The number of phenols is 1. The van der Waals surface area contributed by atoms with E-state index in [9.17, 15) is 9.90 Å². The predicted octanol–water partition coefficient (Wildman–Crippen LogP) is 2.04. The summed E-state index contributed by atoms with van der Waals surface area (Å²) < 4.78 is 5.22. The number of pyridine rings is 1. The number of carbonyl (C=O) groups is 1. The second-order valence-electron chi connectivity index (χ2n) is 3.47. The maximum absolute atomic E-state index is 10.8. The maximum Gasteiger partial charge on any atom is 0.337 e. The molecule has 0 aliphatic rings. The van der Waals surface area contributed by atoms with Crippen molar-refractivity contribution in [1.82, 2.24) is 4.98 Å². The SMILES string of the molecule is CCOc1cc2cc(C(=O)O)cnc2cc1O. The Labute approximate surface area is 97.3 Å². The number of carboxylic acid groups (broad SMARTS) is 1. The van der Waals surface area contributed by atoms with E-state index in [1.807, 2.05) is 0 Å². The monoisotopic (exact) mass is 233 g/mol. The van der Waals surface area contributed by atoms with Crippen molar-refractivity contribution in [2.45, 2.75) is 6.92 Å². The first kappa shape index (κ1) is 11.2. The highest BCUT2D eigenvalue weighted by Crippen LogP contribution is 2.30. The second-order valence-corrected chi connectivity index (χ2v) is 3.47. The molecule has 0 spiro atoms. The van der Waals surface area contributed by atoms with E-state index >= 15 is 0 Å². The van der Waals surface area contributed by atoms with Crippen LogP contribution in [0, 0.1) is 0 Å². The average Bonchev–Trinajstić information content (AvgIpc) is 2.29. The number of rotatable bonds is 3. The molecule has 2 aromatic rings. The van der Waals surface area contributed by atoms with Gasteiger partial charge in [-0.25, -0.2) is 4.79 Å². The number of carboxylic acids is 1. The van der Waals surface area contributed by atoms with Crippen LogP contribution < -0.4 is 4.74 Å². The standard InChI is InChI=1S/C12H11NO4/c1-2-17-11-4-7-3-8(12(15)16)6-13-9(7)5-10(11)14/h3-6,14H,2H2,1H3,(H,15,16). The van der Waals surface area contributed by atoms with E-state index in [1.54, 1.807) is 13.0 Å². The molecule has 0 aliphatic carbocycles. The highest BCUT2D eigenvalue weighted by atomic mass is 16.5. The Morgan fingerprint density at radius 3 is 2.82 bits per heavy atom. The van der Waals surface area contributed by atoms with Gasteiger partial charge < -0.3 is 14.9 Å². The number of hydrogen-bond acceptors (Lipinski definition) is 4. The summed E-state index contributed by atoms with van der Waals surface area (Å²) >= 11 is 0. The van der Waals surface area contributed by atoms with Gasteiger partial charge in [-0.1, -0.05) is 0 Å². The number of aromatic hydroxyl groups is 1. The van der Waals surface area contributed by atoms with Gasteiger partial charge in [-0.2, -0.15) is 0 Å². The zero-order valence-corrected chi connectivity index (χ0v) is 9.17. The van der Waals surface area contributed by atoms with Crippen molar-refractivity contribution in [3.05, 3.63) is 30.0 Å². The number of nitrogens with zero attached hydrogens (tertiary/aromatic N) is 1. The quantitative estimate of drug-likeness (QED) is 0.847. The summed E-state index contributed by atoms with van der Waals surface area (Å²) in [6.07, 6.45) is 1.25. The van der Waals surface area contributed by atoms with E-state index in [4.69, 9.17) is 9.84 Å². The molecule has 0 saturated carbocycles. The van der Waals surface area contributed by atoms with E-state index < -0.39 is 5.97 Å². The summed E-state index contributed by atoms with van der Waals surface area (Å²) in [5.41, 5.74) is 0.626. The van der Waals surface area contributed by atoms with Crippen molar-refractivity contribution < 1.29 is 19.7 Å². The normalized spacial score (nSPS) is 10.4. The molecule has 1 heterocycles. The van der Waals surface area contributed by atoms with Crippen LogP contribution >= 0.6 is 0 Å². The molecular weight excluding hydrogens is 222 g/mol. The van der Waals surface area contributed by atoms with Crippen LogP contribution in [0.4, 0.5) is 0 Å². The fourth-order valence-corrected chi connectivity index (χ4v) is 1.53. The average molecular weight is 233 g/mol. The molecule has 0 fully saturated rings. The Bertz CT molecular complexity index is 580. The summed E-state index contributed by atoms with van der Waals surface area (Å²) in [5, 5.41) is 19.1. The molecule has 2 rings (SSSR count). The van der Waals surface area contributed by atoms with Crippen molar-refractivity contribution in [1.29, 1.82) is 0 Å². The van der Waals surface area contributed by atoms with Crippen LogP contribution in [0.3, 0.4) is 0 Å². The van der Waals surface area contributed by atoms with Crippen molar-refractivity contribution in [3.8, 4) is 11.5 Å². The van der Waals surface area contributed by atoms with E-state index in [1.165, 1.54) is 18.3 Å². The summed E-state index contributed by atoms with van der Waals surface area (Å²) in [5.74, 6) is -0.718. The molecule has 0 aliphatic heterocycles. The lowest BCUT2D eigenvalue weighted by Crippen LogP contribution is -1.97. The number of fused-ring (bicyclic) bond motifs is 1. The van der Waals surface area contributed by atoms with Crippen molar-refractivity contribution in [3.63, 3.8) is 0 Å². The Kier molecular flexibility index (Phi) is 2.82. The van der Waals surface area contributed by atoms with Crippen LogP contribution in [0.15, 0.2) is 24.4 Å². The first-order valence-electron chi connectivity index (χ1n) is 5.10. The van der Waals surface area contributed by atoms with Crippen LogP contribution in [-0.4, -0.2) is 27.8 Å². The van der Waals surface area contributed by atoms with E-state index in [0.29, 0.717) is 23.3 Å². The number of hydrogen-bond donors (Lipinski definition) is 2. The smallest absolute Gasteiger partial charge is 0.337 e. The minimum atomic E-state index is -1.04. The molecule has 0 amide bonds. The highest BCUT2D eigenvalue weighted by Gasteiger charge is 2.09. The molecular formula is C12H11NO4. The molecule has 5 heteroatoms.